The van der Waals surface area contributed by atoms with Crippen molar-refractivity contribution >= 4 is 5.91 Å². The van der Waals surface area contributed by atoms with Crippen molar-refractivity contribution in [3.8, 4) is 6.07 Å². The predicted octanol–water partition coefficient (Wildman–Crippen LogP) is 1.02. The van der Waals surface area contributed by atoms with Crippen molar-refractivity contribution in [3.05, 3.63) is 0 Å². The molecule has 84 valence electrons. The maximum Gasteiger partial charge on any atom is 0.242 e. The van der Waals surface area contributed by atoms with Crippen LogP contribution in [0.15, 0.2) is 0 Å². The quantitative estimate of drug-likeness (QED) is 0.734. The Labute approximate surface area is 91.0 Å². The Hall–Kier alpha value is -1.08. The minimum atomic E-state index is -0.780. The van der Waals surface area contributed by atoms with Gasteiger partial charge in [-0.2, -0.15) is 5.26 Å². The number of carbonyl (C=O) groups excluding carboxylic acids is 1. The highest BCUT2D eigenvalue weighted by Crippen LogP contribution is 2.29. The summed E-state index contributed by atoms with van der Waals surface area (Å²) in [5.74, 6) is -0.0113. The number of hydrogen-bond acceptors (Lipinski definition) is 3. The van der Waals surface area contributed by atoms with E-state index in [0.717, 1.165) is 12.8 Å². The summed E-state index contributed by atoms with van der Waals surface area (Å²) in [4.78, 5) is 13.9. The van der Waals surface area contributed by atoms with E-state index < -0.39 is 5.54 Å². The number of nitriles is 1. The molecule has 1 amide bonds. The molecular formula is C11H19N3O. The Morgan fingerprint density at radius 2 is 2.27 bits per heavy atom. The van der Waals surface area contributed by atoms with E-state index in [1.165, 1.54) is 0 Å². The maximum atomic E-state index is 12.1. The normalized spacial score (nSPS) is 19.1. The molecule has 0 aliphatic heterocycles. The molecule has 1 aliphatic rings. The van der Waals surface area contributed by atoms with Gasteiger partial charge in [0.25, 0.3) is 0 Å². The molecule has 0 aromatic heterocycles. The van der Waals surface area contributed by atoms with Crippen LogP contribution in [0.2, 0.25) is 0 Å². The number of amides is 1. The number of nitrogens with zero attached hydrogens (tertiary/aromatic N) is 2. The Kier molecular flexibility index (Phi) is 3.70. The van der Waals surface area contributed by atoms with Crippen LogP contribution in [-0.4, -0.2) is 28.9 Å². The van der Waals surface area contributed by atoms with E-state index in [2.05, 4.69) is 6.07 Å². The van der Waals surface area contributed by atoms with Gasteiger partial charge in [0.05, 0.1) is 18.0 Å². The van der Waals surface area contributed by atoms with E-state index in [-0.39, 0.29) is 5.91 Å². The van der Waals surface area contributed by atoms with E-state index in [1.807, 2.05) is 6.92 Å². The molecule has 0 bridgehead atoms. The summed E-state index contributed by atoms with van der Waals surface area (Å²) < 4.78 is 0. The Morgan fingerprint density at radius 1 is 1.67 bits per heavy atom. The summed E-state index contributed by atoms with van der Waals surface area (Å²) in [5.41, 5.74) is 5.14. The van der Waals surface area contributed by atoms with Crippen LogP contribution >= 0.6 is 0 Å². The molecule has 1 fully saturated rings. The van der Waals surface area contributed by atoms with Crippen LogP contribution in [0.5, 0.6) is 0 Å². The molecule has 1 unspecified atom stereocenters. The molecule has 4 nitrogen and oxygen atoms in total. The van der Waals surface area contributed by atoms with Crippen LogP contribution in [0.3, 0.4) is 0 Å². The van der Waals surface area contributed by atoms with Crippen LogP contribution in [0.4, 0.5) is 0 Å². The molecular weight excluding hydrogens is 190 g/mol. The van der Waals surface area contributed by atoms with Crippen molar-refractivity contribution in [2.45, 2.75) is 51.1 Å². The topological polar surface area (TPSA) is 70.1 Å². The fraction of sp³-hybridized carbons (Fsp3) is 0.818. The van der Waals surface area contributed by atoms with Crippen molar-refractivity contribution in [1.82, 2.24) is 4.90 Å². The summed E-state index contributed by atoms with van der Waals surface area (Å²) in [6, 6.07) is 2.40. The lowest BCUT2D eigenvalue weighted by Crippen LogP contribution is -2.53. The first-order valence-corrected chi connectivity index (χ1v) is 5.50. The van der Waals surface area contributed by atoms with Crippen LogP contribution in [-0.2, 0) is 4.79 Å². The van der Waals surface area contributed by atoms with E-state index >= 15 is 0 Å². The SMILES string of the molecule is CCC(C)(N)C(=O)N(CCC#N)C1CC1. The number of carbonyl (C=O) groups is 1. The highest BCUT2D eigenvalue weighted by Gasteiger charge is 2.38. The second-order valence-electron chi connectivity index (χ2n) is 4.41. The van der Waals surface area contributed by atoms with Gasteiger partial charge in [0.2, 0.25) is 5.91 Å². The summed E-state index contributed by atoms with van der Waals surface area (Å²) in [6.07, 6.45) is 3.12. The molecule has 15 heavy (non-hydrogen) atoms. The smallest absolute Gasteiger partial charge is 0.242 e. The summed E-state index contributed by atoms with van der Waals surface area (Å²) in [7, 11) is 0. The third kappa shape index (κ3) is 2.93. The van der Waals surface area contributed by atoms with E-state index in [4.69, 9.17) is 11.0 Å². The lowest BCUT2D eigenvalue weighted by atomic mass is 9.98. The first-order valence-electron chi connectivity index (χ1n) is 5.50. The van der Waals surface area contributed by atoms with Crippen LogP contribution in [0.1, 0.15) is 39.5 Å². The predicted molar refractivity (Wildman–Crippen MR) is 57.8 cm³/mol. The van der Waals surface area contributed by atoms with Gasteiger partial charge in [0, 0.05) is 12.6 Å². The van der Waals surface area contributed by atoms with Gasteiger partial charge >= 0.3 is 0 Å². The van der Waals surface area contributed by atoms with Crippen molar-refractivity contribution < 1.29 is 4.79 Å². The van der Waals surface area contributed by atoms with Gasteiger partial charge in [0.15, 0.2) is 0 Å². The van der Waals surface area contributed by atoms with Crippen LogP contribution in [0, 0.1) is 11.3 Å². The van der Waals surface area contributed by atoms with Gasteiger partial charge in [-0.05, 0) is 26.2 Å². The molecule has 1 rings (SSSR count). The lowest BCUT2D eigenvalue weighted by molar-refractivity contribution is -0.137. The number of rotatable bonds is 5. The number of hydrogen-bond donors (Lipinski definition) is 1. The second-order valence-corrected chi connectivity index (χ2v) is 4.41. The first-order chi connectivity index (χ1) is 7.03. The molecule has 2 N–H and O–H groups in total. The molecule has 0 aromatic rings. The van der Waals surface area contributed by atoms with Gasteiger partial charge in [-0.15, -0.1) is 0 Å². The largest absolute Gasteiger partial charge is 0.337 e. The van der Waals surface area contributed by atoms with Gasteiger partial charge in [-0.3, -0.25) is 4.79 Å². The summed E-state index contributed by atoms with van der Waals surface area (Å²) >= 11 is 0. The monoisotopic (exact) mass is 209 g/mol. The third-order valence-corrected chi connectivity index (χ3v) is 2.94. The van der Waals surface area contributed by atoms with Gasteiger partial charge in [0.1, 0.15) is 0 Å². The zero-order valence-corrected chi connectivity index (χ0v) is 9.49. The highest BCUT2D eigenvalue weighted by atomic mass is 16.2. The van der Waals surface area contributed by atoms with Crippen molar-refractivity contribution in [2.75, 3.05) is 6.54 Å². The van der Waals surface area contributed by atoms with E-state index in [0.29, 0.717) is 25.4 Å². The first kappa shape index (κ1) is 12.0. The number of nitrogens with two attached hydrogens (primary N) is 1. The fourth-order valence-corrected chi connectivity index (χ4v) is 1.49. The Morgan fingerprint density at radius 3 is 2.67 bits per heavy atom. The molecule has 0 radical (unpaired) electrons. The minimum absolute atomic E-state index is 0.0113. The highest BCUT2D eigenvalue weighted by molar-refractivity contribution is 5.86. The van der Waals surface area contributed by atoms with Gasteiger partial charge in [-0.25, -0.2) is 0 Å². The fourth-order valence-electron chi connectivity index (χ4n) is 1.49. The molecule has 4 heteroatoms. The summed E-state index contributed by atoms with van der Waals surface area (Å²) in [5, 5.41) is 8.54. The minimum Gasteiger partial charge on any atom is -0.337 e. The Bertz CT molecular complexity index is 276. The van der Waals surface area contributed by atoms with Crippen LogP contribution in [0.25, 0.3) is 0 Å². The zero-order valence-electron chi connectivity index (χ0n) is 9.49. The average Bonchev–Trinajstić information content (AvgIpc) is 3.02. The molecule has 1 saturated carbocycles. The van der Waals surface area contributed by atoms with Crippen molar-refractivity contribution in [3.63, 3.8) is 0 Å². The average molecular weight is 209 g/mol. The summed E-state index contributed by atoms with van der Waals surface area (Å²) in [6.45, 7) is 4.19. The molecule has 1 atom stereocenters. The second kappa shape index (κ2) is 4.63. The zero-order chi connectivity index (χ0) is 11.5. The third-order valence-electron chi connectivity index (χ3n) is 2.94. The Balaban J connectivity index is 2.63. The molecule has 0 aromatic carbocycles. The standard InChI is InChI=1S/C11H19N3O/c1-3-11(2,13)10(15)14(8-4-7-12)9-5-6-9/h9H,3-6,8,13H2,1-2H3. The van der Waals surface area contributed by atoms with Gasteiger partial charge < -0.3 is 10.6 Å². The molecule has 0 heterocycles. The van der Waals surface area contributed by atoms with Gasteiger partial charge in [-0.1, -0.05) is 6.92 Å². The van der Waals surface area contributed by atoms with E-state index in [9.17, 15) is 4.79 Å². The maximum absolute atomic E-state index is 12.1. The lowest BCUT2D eigenvalue weighted by Gasteiger charge is -2.30. The molecule has 0 spiro atoms. The van der Waals surface area contributed by atoms with Crippen molar-refractivity contribution in [1.29, 1.82) is 5.26 Å². The molecule has 1 aliphatic carbocycles. The molecule has 0 saturated heterocycles. The van der Waals surface area contributed by atoms with Crippen molar-refractivity contribution in [2.24, 2.45) is 5.73 Å². The van der Waals surface area contributed by atoms with E-state index in [1.54, 1.807) is 11.8 Å². The van der Waals surface area contributed by atoms with Crippen LogP contribution < -0.4 is 5.73 Å².